The van der Waals surface area contributed by atoms with Crippen LogP contribution in [0.5, 0.6) is 0 Å². The summed E-state index contributed by atoms with van der Waals surface area (Å²) < 4.78 is 1.88. The molecule has 1 atom stereocenters. The second-order valence-electron chi connectivity index (χ2n) is 3.74. The fraction of sp³-hybridized carbons (Fsp3) is 0.727. The molecule has 86 valence electrons. The lowest BCUT2D eigenvalue weighted by Crippen LogP contribution is -2.14. The summed E-state index contributed by atoms with van der Waals surface area (Å²) in [6, 6.07) is 2.09. The molecule has 0 saturated carbocycles. The van der Waals surface area contributed by atoms with Crippen LogP contribution in [0.1, 0.15) is 24.7 Å². The summed E-state index contributed by atoms with van der Waals surface area (Å²) >= 11 is 1.77. The predicted molar refractivity (Wildman–Crippen MR) is 65.3 cm³/mol. The average Bonchev–Trinajstić information content (AvgIpc) is 2.57. The molecule has 1 aromatic heterocycles. The van der Waals surface area contributed by atoms with Crippen molar-refractivity contribution in [1.29, 1.82) is 0 Å². The van der Waals surface area contributed by atoms with Crippen LogP contribution in [0.2, 0.25) is 0 Å². The zero-order valence-corrected chi connectivity index (χ0v) is 10.5. The topological polar surface area (TPSA) is 38.0 Å². The molecule has 3 nitrogen and oxygen atoms in total. The molecule has 1 unspecified atom stereocenters. The second kappa shape index (κ2) is 6.18. The molecule has 0 aromatic carbocycles. The van der Waals surface area contributed by atoms with Gasteiger partial charge < -0.3 is 5.11 Å². The van der Waals surface area contributed by atoms with Crippen molar-refractivity contribution in [2.45, 2.75) is 32.3 Å². The van der Waals surface area contributed by atoms with Crippen LogP contribution in [0, 0.1) is 0 Å². The Hall–Kier alpha value is -0.480. The van der Waals surface area contributed by atoms with Gasteiger partial charge >= 0.3 is 0 Å². The first kappa shape index (κ1) is 12.6. The van der Waals surface area contributed by atoms with Crippen molar-refractivity contribution in [1.82, 2.24) is 9.78 Å². The third kappa shape index (κ3) is 3.87. The number of aryl methyl sites for hydroxylation is 2. The molecule has 0 bridgehead atoms. The summed E-state index contributed by atoms with van der Waals surface area (Å²) in [4.78, 5) is 0. The Kier molecular flexibility index (Phi) is 5.19. The molecule has 15 heavy (non-hydrogen) atoms. The van der Waals surface area contributed by atoms with Crippen LogP contribution in [0.15, 0.2) is 6.07 Å². The monoisotopic (exact) mass is 228 g/mol. The summed E-state index contributed by atoms with van der Waals surface area (Å²) in [5, 5.41) is 14.1. The number of aliphatic hydroxyl groups is 1. The van der Waals surface area contributed by atoms with E-state index in [0.717, 1.165) is 30.0 Å². The Labute approximate surface area is 95.9 Å². The van der Waals surface area contributed by atoms with Gasteiger partial charge in [0.15, 0.2) is 0 Å². The number of hydrogen-bond donors (Lipinski definition) is 1. The first-order valence-electron chi connectivity index (χ1n) is 5.36. The van der Waals surface area contributed by atoms with E-state index in [2.05, 4.69) is 24.3 Å². The van der Waals surface area contributed by atoms with Crippen molar-refractivity contribution in [3.8, 4) is 0 Å². The third-order valence-electron chi connectivity index (χ3n) is 2.49. The highest BCUT2D eigenvalue weighted by atomic mass is 32.2. The fourth-order valence-electron chi connectivity index (χ4n) is 1.53. The average molecular weight is 228 g/mol. The molecule has 1 aromatic rings. The minimum Gasteiger partial charge on any atom is -0.393 e. The van der Waals surface area contributed by atoms with Crippen LogP contribution in [0.4, 0.5) is 0 Å². The highest BCUT2D eigenvalue weighted by molar-refractivity contribution is 7.98. The van der Waals surface area contributed by atoms with Gasteiger partial charge in [-0.1, -0.05) is 6.92 Å². The van der Waals surface area contributed by atoms with Crippen molar-refractivity contribution >= 4 is 11.8 Å². The summed E-state index contributed by atoms with van der Waals surface area (Å²) in [6.45, 7) is 2.09. The lowest BCUT2D eigenvalue weighted by molar-refractivity contribution is 0.169. The van der Waals surface area contributed by atoms with E-state index in [9.17, 15) is 5.11 Å². The third-order valence-corrected chi connectivity index (χ3v) is 3.13. The fourth-order valence-corrected chi connectivity index (χ4v) is 2.04. The highest BCUT2D eigenvalue weighted by Gasteiger charge is 2.09. The molecule has 0 saturated heterocycles. The number of aromatic nitrogens is 2. The van der Waals surface area contributed by atoms with Gasteiger partial charge in [0, 0.05) is 19.2 Å². The van der Waals surface area contributed by atoms with E-state index < -0.39 is 0 Å². The van der Waals surface area contributed by atoms with E-state index in [-0.39, 0.29) is 6.10 Å². The van der Waals surface area contributed by atoms with Gasteiger partial charge in [0.2, 0.25) is 0 Å². The number of hydrogen-bond acceptors (Lipinski definition) is 3. The maximum Gasteiger partial charge on any atom is 0.0624 e. The molecule has 0 fully saturated rings. The smallest absolute Gasteiger partial charge is 0.0624 e. The lowest BCUT2D eigenvalue weighted by Gasteiger charge is -2.09. The van der Waals surface area contributed by atoms with Gasteiger partial charge in [-0.3, -0.25) is 4.68 Å². The zero-order valence-electron chi connectivity index (χ0n) is 9.73. The first-order valence-corrected chi connectivity index (χ1v) is 6.75. The Morgan fingerprint density at radius 3 is 2.87 bits per heavy atom. The number of nitrogens with zero attached hydrogens (tertiary/aromatic N) is 2. The molecule has 1 heterocycles. The van der Waals surface area contributed by atoms with Crippen molar-refractivity contribution in [3.63, 3.8) is 0 Å². The van der Waals surface area contributed by atoms with E-state index in [1.54, 1.807) is 11.8 Å². The maximum absolute atomic E-state index is 9.79. The van der Waals surface area contributed by atoms with Gasteiger partial charge in [0.1, 0.15) is 0 Å². The SMILES string of the molecule is CCc1cc(CC(O)CCSC)n(C)n1. The molecule has 4 heteroatoms. The largest absolute Gasteiger partial charge is 0.393 e. The number of aliphatic hydroxyl groups excluding tert-OH is 1. The Morgan fingerprint density at radius 1 is 1.60 bits per heavy atom. The molecule has 0 aliphatic carbocycles. The molecule has 0 amide bonds. The van der Waals surface area contributed by atoms with Crippen molar-refractivity contribution in [2.24, 2.45) is 7.05 Å². The van der Waals surface area contributed by atoms with Crippen LogP contribution >= 0.6 is 11.8 Å². The van der Waals surface area contributed by atoms with E-state index in [1.165, 1.54) is 0 Å². The Balaban J connectivity index is 2.51. The molecular formula is C11H20N2OS. The van der Waals surface area contributed by atoms with Crippen LogP contribution in [0.3, 0.4) is 0 Å². The van der Waals surface area contributed by atoms with E-state index in [4.69, 9.17) is 0 Å². The Morgan fingerprint density at radius 2 is 2.33 bits per heavy atom. The van der Waals surface area contributed by atoms with Crippen molar-refractivity contribution in [3.05, 3.63) is 17.5 Å². The van der Waals surface area contributed by atoms with Crippen molar-refractivity contribution < 1.29 is 5.11 Å². The summed E-state index contributed by atoms with van der Waals surface area (Å²) in [5.74, 6) is 1.01. The summed E-state index contributed by atoms with van der Waals surface area (Å²) in [5.41, 5.74) is 2.23. The zero-order chi connectivity index (χ0) is 11.3. The van der Waals surface area contributed by atoms with E-state index >= 15 is 0 Å². The van der Waals surface area contributed by atoms with Crippen molar-refractivity contribution in [2.75, 3.05) is 12.0 Å². The van der Waals surface area contributed by atoms with Crippen LogP contribution in [-0.2, 0) is 19.9 Å². The van der Waals surface area contributed by atoms with E-state index in [0.29, 0.717) is 6.42 Å². The van der Waals surface area contributed by atoms with Crippen LogP contribution in [-0.4, -0.2) is 33.0 Å². The van der Waals surface area contributed by atoms with Gasteiger partial charge in [-0.2, -0.15) is 16.9 Å². The molecular weight excluding hydrogens is 208 g/mol. The molecule has 1 N–H and O–H groups in total. The quantitative estimate of drug-likeness (QED) is 0.804. The maximum atomic E-state index is 9.79. The molecule has 0 radical (unpaired) electrons. The Bertz CT molecular complexity index is 299. The van der Waals surface area contributed by atoms with Gasteiger partial charge in [-0.05, 0) is 30.9 Å². The van der Waals surface area contributed by atoms with Gasteiger partial charge in [-0.25, -0.2) is 0 Å². The molecule has 0 aliphatic rings. The lowest BCUT2D eigenvalue weighted by atomic mass is 10.1. The summed E-state index contributed by atoms with van der Waals surface area (Å²) in [6.07, 6.45) is 4.34. The molecule has 0 spiro atoms. The van der Waals surface area contributed by atoms with Gasteiger partial charge in [-0.15, -0.1) is 0 Å². The van der Waals surface area contributed by atoms with Crippen LogP contribution in [0.25, 0.3) is 0 Å². The van der Waals surface area contributed by atoms with Gasteiger partial charge in [0.25, 0.3) is 0 Å². The standard InChI is InChI=1S/C11H20N2OS/c1-4-9-7-10(13(2)12-9)8-11(14)5-6-15-3/h7,11,14H,4-6,8H2,1-3H3. The summed E-state index contributed by atoms with van der Waals surface area (Å²) in [7, 11) is 1.94. The number of rotatable bonds is 6. The minimum absolute atomic E-state index is 0.238. The molecule has 1 rings (SSSR count). The highest BCUT2D eigenvalue weighted by Crippen LogP contribution is 2.10. The number of thioether (sulfide) groups is 1. The second-order valence-corrected chi connectivity index (χ2v) is 4.73. The van der Waals surface area contributed by atoms with Crippen LogP contribution < -0.4 is 0 Å². The van der Waals surface area contributed by atoms with E-state index in [1.807, 2.05) is 11.7 Å². The first-order chi connectivity index (χ1) is 7.17. The normalized spacial score (nSPS) is 13.1. The minimum atomic E-state index is -0.238. The van der Waals surface area contributed by atoms with Gasteiger partial charge in [0.05, 0.1) is 11.8 Å². The molecule has 0 aliphatic heterocycles. The predicted octanol–water partition coefficient (Wildman–Crippen LogP) is 1.64.